The molecule has 4 N–H and O–H groups in total. The number of fused-ring (bicyclic) bond motifs is 1. The first-order chi connectivity index (χ1) is 13.5. The van der Waals surface area contributed by atoms with Crippen LogP contribution in [0.25, 0.3) is 22.4 Å². The zero-order valence-corrected chi connectivity index (χ0v) is 17.9. The molecule has 148 valence electrons. The van der Waals surface area contributed by atoms with Gasteiger partial charge >= 0.3 is 0 Å². The molecule has 0 saturated heterocycles. The van der Waals surface area contributed by atoms with Gasteiger partial charge in [0, 0.05) is 16.6 Å². The molecule has 3 aromatic rings. The number of carbonyl (C=O) groups is 1. The Kier molecular flexibility index (Phi) is 6.36. The SMILES string of the molecule is CCOc1cc(C(=O)NCCCN)ccc1-c1nc2cc(Br)c(C)c(C)c2[nH]1. The van der Waals surface area contributed by atoms with Crippen LogP contribution in [0.1, 0.15) is 34.8 Å². The lowest BCUT2D eigenvalue weighted by Gasteiger charge is -2.11. The summed E-state index contributed by atoms with van der Waals surface area (Å²) in [4.78, 5) is 20.5. The van der Waals surface area contributed by atoms with Gasteiger partial charge in [-0.25, -0.2) is 4.98 Å². The maximum absolute atomic E-state index is 12.3. The number of aryl methyl sites for hydroxylation is 1. The highest BCUT2D eigenvalue weighted by Crippen LogP contribution is 2.33. The van der Waals surface area contributed by atoms with E-state index < -0.39 is 0 Å². The lowest BCUT2D eigenvalue weighted by atomic mass is 10.1. The molecule has 0 bridgehead atoms. The van der Waals surface area contributed by atoms with Gasteiger partial charge in [0.15, 0.2) is 0 Å². The number of benzene rings is 2. The average Bonchev–Trinajstić information content (AvgIpc) is 3.10. The van der Waals surface area contributed by atoms with Gasteiger partial charge in [-0.15, -0.1) is 0 Å². The zero-order valence-electron chi connectivity index (χ0n) is 16.4. The second-order valence-corrected chi connectivity index (χ2v) is 7.48. The van der Waals surface area contributed by atoms with Crippen molar-refractivity contribution < 1.29 is 9.53 Å². The standard InChI is InChI=1S/C21H25BrN4O2/c1-4-28-18-10-14(21(27)24-9-5-8-23)6-7-15(18)20-25-17-11-16(22)12(2)13(3)19(17)26-20/h6-7,10-11H,4-5,8-9,23H2,1-3H3,(H,24,27)(H,25,26). The second-order valence-electron chi connectivity index (χ2n) is 6.63. The Bertz CT molecular complexity index is 1010. The molecule has 2 aromatic carbocycles. The van der Waals surface area contributed by atoms with E-state index in [4.69, 9.17) is 15.5 Å². The van der Waals surface area contributed by atoms with Gasteiger partial charge in [0.2, 0.25) is 0 Å². The molecule has 0 unspecified atom stereocenters. The number of rotatable bonds is 7. The van der Waals surface area contributed by atoms with E-state index in [1.54, 1.807) is 12.1 Å². The number of aromatic amines is 1. The molecule has 0 spiro atoms. The van der Waals surface area contributed by atoms with Crippen LogP contribution in [0.5, 0.6) is 5.75 Å². The lowest BCUT2D eigenvalue weighted by Crippen LogP contribution is -2.25. The molecule has 28 heavy (non-hydrogen) atoms. The molecule has 6 nitrogen and oxygen atoms in total. The van der Waals surface area contributed by atoms with Crippen LogP contribution in [0, 0.1) is 13.8 Å². The van der Waals surface area contributed by atoms with Crippen molar-refractivity contribution in [2.45, 2.75) is 27.2 Å². The minimum absolute atomic E-state index is 0.138. The van der Waals surface area contributed by atoms with Crippen LogP contribution in [0.15, 0.2) is 28.7 Å². The maximum atomic E-state index is 12.3. The summed E-state index contributed by atoms with van der Waals surface area (Å²) in [7, 11) is 0. The first kappa shape index (κ1) is 20.4. The first-order valence-electron chi connectivity index (χ1n) is 9.37. The highest BCUT2D eigenvalue weighted by Gasteiger charge is 2.16. The Hall–Kier alpha value is -2.38. The molecular formula is C21H25BrN4O2. The van der Waals surface area contributed by atoms with Gasteiger partial charge in [0.05, 0.1) is 23.2 Å². The molecule has 3 rings (SSSR count). The summed E-state index contributed by atoms with van der Waals surface area (Å²) < 4.78 is 6.84. The van der Waals surface area contributed by atoms with Crippen molar-refractivity contribution in [3.63, 3.8) is 0 Å². The Morgan fingerprint density at radius 2 is 2.07 bits per heavy atom. The van der Waals surface area contributed by atoms with Crippen molar-refractivity contribution in [2.75, 3.05) is 19.7 Å². The van der Waals surface area contributed by atoms with E-state index in [9.17, 15) is 4.79 Å². The van der Waals surface area contributed by atoms with Crippen molar-refractivity contribution in [2.24, 2.45) is 5.73 Å². The number of hydrogen-bond acceptors (Lipinski definition) is 4. The third-order valence-electron chi connectivity index (χ3n) is 4.76. The van der Waals surface area contributed by atoms with Gasteiger partial charge in [-0.05, 0) is 69.1 Å². The number of hydrogen-bond donors (Lipinski definition) is 3. The molecule has 0 fully saturated rings. The Morgan fingerprint density at radius 1 is 1.29 bits per heavy atom. The Morgan fingerprint density at radius 3 is 2.79 bits per heavy atom. The monoisotopic (exact) mass is 444 g/mol. The number of ether oxygens (including phenoxy) is 1. The molecule has 0 aliphatic carbocycles. The highest BCUT2D eigenvalue weighted by atomic mass is 79.9. The first-order valence-corrected chi connectivity index (χ1v) is 10.2. The summed E-state index contributed by atoms with van der Waals surface area (Å²) in [5.74, 6) is 1.21. The summed E-state index contributed by atoms with van der Waals surface area (Å²) in [6.45, 7) is 7.66. The number of H-pyrrole nitrogens is 1. The van der Waals surface area contributed by atoms with E-state index in [-0.39, 0.29) is 5.91 Å². The predicted octanol–water partition coefficient (Wildman–Crippen LogP) is 4.09. The lowest BCUT2D eigenvalue weighted by molar-refractivity contribution is 0.0953. The molecule has 0 saturated carbocycles. The molecule has 1 heterocycles. The molecule has 0 radical (unpaired) electrons. The number of nitrogens with two attached hydrogens (primary N) is 1. The number of aromatic nitrogens is 2. The molecule has 7 heteroatoms. The summed E-state index contributed by atoms with van der Waals surface area (Å²) >= 11 is 3.59. The Balaban J connectivity index is 2.00. The third kappa shape index (κ3) is 4.05. The number of amides is 1. The normalized spacial score (nSPS) is 11.0. The Labute approximate surface area is 173 Å². The van der Waals surface area contributed by atoms with Crippen LogP contribution < -0.4 is 15.8 Å². The summed E-state index contributed by atoms with van der Waals surface area (Å²) in [5, 5.41) is 2.87. The molecule has 0 atom stereocenters. The fourth-order valence-corrected chi connectivity index (χ4v) is 3.55. The fraction of sp³-hybridized carbons (Fsp3) is 0.333. The van der Waals surface area contributed by atoms with Crippen LogP contribution in [-0.4, -0.2) is 35.6 Å². The minimum Gasteiger partial charge on any atom is -0.493 e. The van der Waals surface area contributed by atoms with Gasteiger partial charge in [-0.3, -0.25) is 4.79 Å². The van der Waals surface area contributed by atoms with Crippen LogP contribution in [0.4, 0.5) is 0 Å². The molecular weight excluding hydrogens is 420 g/mol. The number of carbonyl (C=O) groups excluding carboxylic acids is 1. The van der Waals surface area contributed by atoms with Crippen LogP contribution in [-0.2, 0) is 0 Å². The molecule has 1 aromatic heterocycles. The van der Waals surface area contributed by atoms with Gasteiger partial charge < -0.3 is 20.8 Å². The fourth-order valence-electron chi connectivity index (χ4n) is 3.04. The third-order valence-corrected chi connectivity index (χ3v) is 5.58. The van der Waals surface area contributed by atoms with Crippen molar-refractivity contribution in [3.05, 3.63) is 45.4 Å². The van der Waals surface area contributed by atoms with Crippen LogP contribution >= 0.6 is 15.9 Å². The van der Waals surface area contributed by atoms with E-state index in [0.717, 1.165) is 33.1 Å². The minimum atomic E-state index is -0.138. The van der Waals surface area contributed by atoms with Crippen molar-refractivity contribution in [1.29, 1.82) is 0 Å². The number of nitrogens with one attached hydrogen (secondary N) is 2. The van der Waals surface area contributed by atoms with E-state index in [2.05, 4.69) is 40.1 Å². The molecule has 1 amide bonds. The van der Waals surface area contributed by atoms with Gasteiger partial charge in [-0.2, -0.15) is 0 Å². The van der Waals surface area contributed by atoms with Gasteiger partial charge in [0.1, 0.15) is 11.6 Å². The maximum Gasteiger partial charge on any atom is 0.251 e. The van der Waals surface area contributed by atoms with E-state index in [1.165, 1.54) is 5.56 Å². The van der Waals surface area contributed by atoms with Crippen molar-refractivity contribution in [1.82, 2.24) is 15.3 Å². The number of nitrogens with zero attached hydrogens (tertiary/aromatic N) is 1. The smallest absolute Gasteiger partial charge is 0.251 e. The van der Waals surface area contributed by atoms with E-state index in [0.29, 0.717) is 36.8 Å². The largest absolute Gasteiger partial charge is 0.493 e. The second kappa shape index (κ2) is 8.75. The summed E-state index contributed by atoms with van der Waals surface area (Å²) in [6.07, 6.45) is 0.745. The quantitative estimate of drug-likeness (QED) is 0.478. The van der Waals surface area contributed by atoms with Gasteiger partial charge in [-0.1, -0.05) is 15.9 Å². The summed E-state index contributed by atoms with van der Waals surface area (Å²) in [6, 6.07) is 7.43. The summed E-state index contributed by atoms with van der Waals surface area (Å²) in [5.41, 5.74) is 11.1. The topological polar surface area (TPSA) is 93.0 Å². The zero-order chi connectivity index (χ0) is 20.3. The number of halogens is 1. The van der Waals surface area contributed by atoms with Gasteiger partial charge in [0.25, 0.3) is 5.91 Å². The molecule has 0 aliphatic heterocycles. The van der Waals surface area contributed by atoms with Crippen LogP contribution in [0.2, 0.25) is 0 Å². The van der Waals surface area contributed by atoms with Crippen LogP contribution in [0.3, 0.4) is 0 Å². The van der Waals surface area contributed by atoms with Crippen molar-refractivity contribution in [3.8, 4) is 17.1 Å². The average molecular weight is 445 g/mol. The van der Waals surface area contributed by atoms with Crippen molar-refractivity contribution >= 4 is 32.9 Å². The van der Waals surface area contributed by atoms with E-state index >= 15 is 0 Å². The predicted molar refractivity (Wildman–Crippen MR) is 116 cm³/mol. The number of imidazole rings is 1. The highest BCUT2D eigenvalue weighted by molar-refractivity contribution is 9.10. The van der Waals surface area contributed by atoms with E-state index in [1.807, 2.05) is 19.1 Å². The molecule has 0 aliphatic rings.